The zero-order valence-electron chi connectivity index (χ0n) is 5.83. The molecule has 4 heteroatoms. The minimum absolute atomic E-state index is 0.363. The van der Waals surface area contributed by atoms with Crippen molar-refractivity contribution in [3.63, 3.8) is 0 Å². The summed E-state index contributed by atoms with van der Waals surface area (Å²) in [5.41, 5.74) is 0.363. The second-order valence-corrected chi connectivity index (χ2v) is 2.65. The zero-order valence-corrected chi connectivity index (χ0v) is 6.64. The van der Waals surface area contributed by atoms with Crippen molar-refractivity contribution in [1.29, 1.82) is 0 Å². The van der Waals surface area contributed by atoms with E-state index in [1.54, 1.807) is 11.4 Å². The summed E-state index contributed by atoms with van der Waals surface area (Å²) in [4.78, 5) is 14.4. The van der Waals surface area contributed by atoms with Gasteiger partial charge in [-0.15, -0.1) is 0 Å². The Morgan fingerprint density at radius 2 is 2.55 bits per heavy atom. The lowest BCUT2D eigenvalue weighted by atomic mass is 10.4. The highest BCUT2D eigenvalue weighted by molar-refractivity contribution is 7.12. The summed E-state index contributed by atoms with van der Waals surface area (Å²) in [7, 11) is 1.30. The molecule has 1 rings (SSSR count). The van der Waals surface area contributed by atoms with Gasteiger partial charge in [-0.3, -0.25) is 0 Å². The lowest BCUT2D eigenvalue weighted by Gasteiger charge is -1.93. The molecule has 0 radical (unpaired) electrons. The molecular formula is C7H5NO2S. The lowest BCUT2D eigenvalue weighted by Crippen LogP contribution is -1.97. The molecule has 0 amide bonds. The first-order valence-electron chi connectivity index (χ1n) is 2.83. The quantitative estimate of drug-likeness (QED) is 0.473. The lowest BCUT2D eigenvalue weighted by molar-refractivity contribution is 0.0607. The van der Waals surface area contributed by atoms with E-state index in [-0.39, 0.29) is 0 Å². The zero-order chi connectivity index (χ0) is 8.27. The van der Waals surface area contributed by atoms with Gasteiger partial charge in [-0.05, 0) is 11.4 Å². The summed E-state index contributed by atoms with van der Waals surface area (Å²) in [5, 5.41) is 1.69. The summed E-state index contributed by atoms with van der Waals surface area (Å²) < 4.78 is 4.47. The number of esters is 1. The molecule has 0 unspecified atom stereocenters. The van der Waals surface area contributed by atoms with E-state index in [9.17, 15) is 4.79 Å². The van der Waals surface area contributed by atoms with Gasteiger partial charge in [0.2, 0.25) is 5.69 Å². The van der Waals surface area contributed by atoms with E-state index in [0.29, 0.717) is 10.6 Å². The highest BCUT2D eigenvalue weighted by Gasteiger charge is 2.12. The van der Waals surface area contributed by atoms with Crippen molar-refractivity contribution in [3.8, 4) is 0 Å². The van der Waals surface area contributed by atoms with Gasteiger partial charge in [0.25, 0.3) is 0 Å². The smallest absolute Gasteiger partial charge is 0.337 e. The van der Waals surface area contributed by atoms with Gasteiger partial charge in [0.05, 0.1) is 13.7 Å². The molecule has 0 spiro atoms. The van der Waals surface area contributed by atoms with Crippen molar-refractivity contribution >= 4 is 23.0 Å². The van der Waals surface area contributed by atoms with Crippen LogP contribution in [0.3, 0.4) is 0 Å². The van der Waals surface area contributed by atoms with Crippen LogP contribution in [0.4, 0.5) is 5.69 Å². The molecule has 0 saturated carbocycles. The Labute approximate surface area is 68.0 Å². The largest absolute Gasteiger partial charge is 0.466 e. The van der Waals surface area contributed by atoms with Gasteiger partial charge in [0.15, 0.2) is 0 Å². The van der Waals surface area contributed by atoms with Gasteiger partial charge in [0, 0.05) is 0 Å². The molecule has 0 aliphatic rings. The molecule has 0 aromatic carbocycles. The standard InChI is InChI=1S/C7H5NO2S/c1-8-5-3-4-11-6(5)7(9)10-2/h3-4H,2H3. The maximum Gasteiger partial charge on any atom is 0.337 e. The molecule has 0 aliphatic carbocycles. The van der Waals surface area contributed by atoms with Crippen LogP contribution in [-0.4, -0.2) is 13.1 Å². The van der Waals surface area contributed by atoms with E-state index >= 15 is 0 Å². The number of rotatable bonds is 1. The molecule has 56 valence electrons. The van der Waals surface area contributed by atoms with Crippen LogP contribution in [-0.2, 0) is 4.74 Å². The summed E-state index contributed by atoms with van der Waals surface area (Å²) in [6.45, 7) is 6.69. The first-order valence-corrected chi connectivity index (χ1v) is 3.71. The SMILES string of the molecule is [C-]#[N+]c1ccsc1C(=O)OC. The second kappa shape index (κ2) is 3.17. The number of thiophene rings is 1. The van der Waals surface area contributed by atoms with Gasteiger partial charge >= 0.3 is 5.97 Å². The fourth-order valence-electron chi connectivity index (χ4n) is 0.636. The van der Waals surface area contributed by atoms with Gasteiger partial charge in [-0.25, -0.2) is 9.64 Å². The molecule has 1 heterocycles. The van der Waals surface area contributed by atoms with Crippen molar-refractivity contribution in [2.75, 3.05) is 7.11 Å². The fraction of sp³-hybridized carbons (Fsp3) is 0.143. The molecule has 0 N–H and O–H groups in total. The maximum atomic E-state index is 10.9. The molecule has 1 aromatic rings. The first-order chi connectivity index (χ1) is 5.29. The van der Waals surface area contributed by atoms with Crippen LogP contribution < -0.4 is 0 Å². The molecule has 0 fully saturated rings. The Hall–Kier alpha value is -1.34. The van der Waals surface area contributed by atoms with Crippen LogP contribution in [0, 0.1) is 6.57 Å². The summed E-state index contributed by atoms with van der Waals surface area (Å²) in [6, 6.07) is 1.60. The Morgan fingerprint density at radius 3 is 3.09 bits per heavy atom. The molecule has 11 heavy (non-hydrogen) atoms. The number of hydrogen-bond acceptors (Lipinski definition) is 3. The van der Waals surface area contributed by atoms with Crippen LogP contribution in [0.5, 0.6) is 0 Å². The van der Waals surface area contributed by atoms with E-state index in [1.807, 2.05) is 0 Å². The normalized spacial score (nSPS) is 8.73. The van der Waals surface area contributed by atoms with E-state index in [2.05, 4.69) is 9.58 Å². The average molecular weight is 167 g/mol. The minimum Gasteiger partial charge on any atom is -0.466 e. The van der Waals surface area contributed by atoms with Crippen LogP contribution in [0.25, 0.3) is 4.85 Å². The number of carbonyl (C=O) groups is 1. The predicted octanol–water partition coefficient (Wildman–Crippen LogP) is 2.09. The third kappa shape index (κ3) is 1.38. The molecule has 0 aliphatic heterocycles. The van der Waals surface area contributed by atoms with Gasteiger partial charge in [-0.2, -0.15) is 11.3 Å². The predicted molar refractivity (Wildman–Crippen MR) is 41.9 cm³/mol. The highest BCUT2D eigenvalue weighted by atomic mass is 32.1. The summed E-state index contributed by atoms with van der Waals surface area (Å²) in [6.07, 6.45) is 0. The number of ether oxygens (including phenoxy) is 1. The molecule has 0 saturated heterocycles. The van der Waals surface area contributed by atoms with Crippen LogP contribution in [0.15, 0.2) is 11.4 Å². The number of methoxy groups -OCH3 is 1. The van der Waals surface area contributed by atoms with Gasteiger partial charge < -0.3 is 4.74 Å². The second-order valence-electron chi connectivity index (χ2n) is 1.74. The van der Waals surface area contributed by atoms with Crippen LogP contribution in [0.2, 0.25) is 0 Å². The Bertz CT molecular complexity index is 310. The molecule has 0 bridgehead atoms. The average Bonchev–Trinajstić information content (AvgIpc) is 2.50. The summed E-state index contributed by atoms with van der Waals surface area (Å²) in [5.74, 6) is -0.439. The Balaban J connectivity index is 3.05. The van der Waals surface area contributed by atoms with Crippen molar-refractivity contribution in [1.82, 2.24) is 0 Å². The fourth-order valence-corrected chi connectivity index (χ4v) is 1.38. The van der Waals surface area contributed by atoms with Gasteiger partial charge in [0.1, 0.15) is 4.88 Å². The number of nitrogens with zero attached hydrogens (tertiary/aromatic N) is 1. The monoisotopic (exact) mass is 167 g/mol. The molecule has 0 atom stereocenters. The topological polar surface area (TPSA) is 30.7 Å². The Kier molecular flexibility index (Phi) is 2.24. The van der Waals surface area contributed by atoms with E-state index in [1.165, 1.54) is 18.4 Å². The molecule has 1 aromatic heterocycles. The van der Waals surface area contributed by atoms with E-state index in [4.69, 9.17) is 6.57 Å². The van der Waals surface area contributed by atoms with Gasteiger partial charge in [-0.1, -0.05) is 0 Å². The number of hydrogen-bond donors (Lipinski definition) is 0. The minimum atomic E-state index is -0.439. The third-order valence-corrected chi connectivity index (χ3v) is 2.02. The van der Waals surface area contributed by atoms with Crippen molar-refractivity contribution in [2.24, 2.45) is 0 Å². The summed E-state index contributed by atoms with van der Waals surface area (Å²) >= 11 is 1.22. The van der Waals surface area contributed by atoms with Crippen molar-refractivity contribution in [2.45, 2.75) is 0 Å². The first kappa shape index (κ1) is 7.76. The van der Waals surface area contributed by atoms with E-state index in [0.717, 1.165) is 0 Å². The molecule has 3 nitrogen and oxygen atoms in total. The Morgan fingerprint density at radius 1 is 1.82 bits per heavy atom. The highest BCUT2D eigenvalue weighted by Crippen LogP contribution is 2.25. The van der Waals surface area contributed by atoms with Crippen LogP contribution >= 0.6 is 11.3 Å². The molecular weight excluding hydrogens is 162 g/mol. The van der Waals surface area contributed by atoms with Crippen molar-refractivity contribution in [3.05, 3.63) is 27.7 Å². The number of carbonyl (C=O) groups excluding carboxylic acids is 1. The third-order valence-electron chi connectivity index (χ3n) is 1.14. The van der Waals surface area contributed by atoms with Crippen LogP contribution in [0.1, 0.15) is 9.67 Å². The maximum absolute atomic E-state index is 10.9. The van der Waals surface area contributed by atoms with Crippen molar-refractivity contribution < 1.29 is 9.53 Å². The van der Waals surface area contributed by atoms with E-state index < -0.39 is 5.97 Å².